The number of carboxylic acid groups (broad SMARTS) is 1. The monoisotopic (exact) mass is 424 g/mol. The molecule has 0 aromatic carbocycles. The summed E-state index contributed by atoms with van der Waals surface area (Å²) in [6.07, 6.45) is 13.1. The predicted molar refractivity (Wildman–Crippen MR) is 120 cm³/mol. The lowest BCUT2D eigenvalue weighted by Crippen LogP contribution is -2.52. The van der Waals surface area contributed by atoms with Crippen LogP contribution in [0.4, 0.5) is 0 Å². The lowest BCUT2D eigenvalue weighted by molar-refractivity contribution is -0.136. The van der Waals surface area contributed by atoms with Gasteiger partial charge in [0, 0.05) is 5.56 Å². The molecule has 31 heavy (non-hydrogen) atoms. The summed E-state index contributed by atoms with van der Waals surface area (Å²) < 4.78 is 5.44. The standard InChI is InChI=1S/C27H36O4/c1-4-16-11-19-14-20(28)5-8-26(19,2)21-6-9-27(3)22(24(16)21)12-18(13-23(29)30)25(27)17-7-10-31-15-17/h7,10-11,15-16,20-22,24,28H,4-6,8-9,12-14H2,1-3H3,(H,29,30)/t16-,20-,21-,22-,24+,26-,27-/m0/s1. The van der Waals surface area contributed by atoms with Crippen LogP contribution in [0.3, 0.4) is 0 Å². The van der Waals surface area contributed by atoms with Gasteiger partial charge in [-0.2, -0.15) is 0 Å². The van der Waals surface area contributed by atoms with Crippen LogP contribution >= 0.6 is 0 Å². The zero-order valence-electron chi connectivity index (χ0n) is 19.1. The zero-order chi connectivity index (χ0) is 22.0. The summed E-state index contributed by atoms with van der Waals surface area (Å²) in [5, 5.41) is 20.0. The molecule has 4 aliphatic rings. The van der Waals surface area contributed by atoms with Gasteiger partial charge >= 0.3 is 5.97 Å². The van der Waals surface area contributed by atoms with E-state index in [4.69, 9.17) is 4.42 Å². The highest BCUT2D eigenvalue weighted by molar-refractivity contribution is 5.81. The molecule has 1 aromatic rings. The van der Waals surface area contributed by atoms with Gasteiger partial charge in [-0.25, -0.2) is 0 Å². The van der Waals surface area contributed by atoms with Gasteiger partial charge in [0.1, 0.15) is 0 Å². The molecule has 1 heterocycles. The zero-order valence-corrected chi connectivity index (χ0v) is 19.1. The Labute approximate surface area is 185 Å². The lowest BCUT2D eigenvalue weighted by atomic mass is 9.45. The Morgan fingerprint density at radius 2 is 1.94 bits per heavy atom. The summed E-state index contributed by atoms with van der Waals surface area (Å²) in [5.74, 6) is 1.44. The maximum Gasteiger partial charge on any atom is 0.307 e. The molecule has 4 nitrogen and oxygen atoms in total. The summed E-state index contributed by atoms with van der Waals surface area (Å²) in [4.78, 5) is 11.8. The molecule has 0 aliphatic heterocycles. The van der Waals surface area contributed by atoms with Crippen molar-refractivity contribution in [2.45, 2.75) is 78.2 Å². The number of hydrogen-bond acceptors (Lipinski definition) is 3. The van der Waals surface area contributed by atoms with Crippen LogP contribution in [0, 0.1) is 34.5 Å². The first-order chi connectivity index (χ1) is 14.8. The molecule has 2 N–H and O–H groups in total. The Hall–Kier alpha value is -1.81. The second-order valence-corrected chi connectivity index (χ2v) is 11.1. The maximum atomic E-state index is 11.8. The fourth-order valence-corrected chi connectivity index (χ4v) is 8.26. The summed E-state index contributed by atoms with van der Waals surface area (Å²) in [7, 11) is 0. The summed E-state index contributed by atoms with van der Waals surface area (Å²) in [6.45, 7) is 7.14. The number of carbonyl (C=O) groups is 1. The van der Waals surface area contributed by atoms with Gasteiger partial charge in [0.2, 0.25) is 0 Å². The van der Waals surface area contributed by atoms with Crippen molar-refractivity contribution in [3.05, 3.63) is 41.4 Å². The number of aliphatic hydroxyl groups excluding tert-OH is 1. The number of fused-ring (bicyclic) bond motifs is 5. The number of aliphatic hydroxyl groups is 1. The average Bonchev–Trinajstić information content (AvgIpc) is 3.32. The van der Waals surface area contributed by atoms with Crippen LogP contribution in [-0.4, -0.2) is 22.3 Å². The molecular formula is C27H36O4. The van der Waals surface area contributed by atoms with E-state index < -0.39 is 5.97 Å². The van der Waals surface area contributed by atoms with Gasteiger partial charge in [-0.15, -0.1) is 0 Å². The number of rotatable bonds is 4. The van der Waals surface area contributed by atoms with E-state index in [2.05, 4.69) is 26.8 Å². The second kappa shape index (κ2) is 7.37. The number of carboxylic acids is 1. The Kier molecular flexibility index (Phi) is 5.00. The van der Waals surface area contributed by atoms with E-state index >= 15 is 0 Å². The highest BCUT2D eigenvalue weighted by Crippen LogP contribution is 2.69. The van der Waals surface area contributed by atoms with Crippen LogP contribution in [0.2, 0.25) is 0 Å². The highest BCUT2D eigenvalue weighted by Gasteiger charge is 2.60. The Bertz CT molecular complexity index is 925. The van der Waals surface area contributed by atoms with Crippen molar-refractivity contribution in [1.82, 2.24) is 0 Å². The first-order valence-corrected chi connectivity index (χ1v) is 12.1. The van der Waals surface area contributed by atoms with E-state index in [1.807, 2.05) is 6.07 Å². The molecule has 168 valence electrons. The molecule has 5 rings (SSSR count). The van der Waals surface area contributed by atoms with Crippen molar-refractivity contribution in [3.63, 3.8) is 0 Å². The fourth-order valence-electron chi connectivity index (χ4n) is 8.26. The van der Waals surface area contributed by atoms with E-state index in [1.165, 1.54) is 17.6 Å². The van der Waals surface area contributed by atoms with Crippen LogP contribution in [0.5, 0.6) is 0 Å². The predicted octanol–water partition coefficient (Wildman–Crippen LogP) is 6.08. The average molecular weight is 425 g/mol. The van der Waals surface area contributed by atoms with Gasteiger partial charge in [0.25, 0.3) is 0 Å². The van der Waals surface area contributed by atoms with Crippen molar-refractivity contribution < 1.29 is 19.4 Å². The molecule has 0 radical (unpaired) electrons. The third-order valence-electron chi connectivity index (χ3n) is 9.67. The van der Waals surface area contributed by atoms with E-state index in [0.717, 1.165) is 49.7 Å². The Morgan fingerprint density at radius 1 is 1.16 bits per heavy atom. The van der Waals surface area contributed by atoms with E-state index in [0.29, 0.717) is 23.7 Å². The quantitative estimate of drug-likeness (QED) is 0.575. The largest absolute Gasteiger partial charge is 0.481 e. The molecule has 2 fully saturated rings. The van der Waals surface area contributed by atoms with Crippen LogP contribution < -0.4 is 0 Å². The molecule has 4 heteroatoms. The smallest absolute Gasteiger partial charge is 0.307 e. The van der Waals surface area contributed by atoms with Crippen LogP contribution in [0.25, 0.3) is 5.57 Å². The van der Waals surface area contributed by atoms with Crippen molar-refractivity contribution in [2.24, 2.45) is 34.5 Å². The summed E-state index contributed by atoms with van der Waals surface area (Å²) in [5.41, 5.74) is 5.11. The minimum Gasteiger partial charge on any atom is -0.481 e. The minimum absolute atomic E-state index is 0.000866. The number of allylic oxidation sites excluding steroid dienone is 2. The van der Waals surface area contributed by atoms with Crippen molar-refractivity contribution in [1.29, 1.82) is 0 Å². The molecule has 0 unspecified atom stereocenters. The van der Waals surface area contributed by atoms with Crippen molar-refractivity contribution in [2.75, 3.05) is 0 Å². The van der Waals surface area contributed by atoms with Gasteiger partial charge in [-0.05, 0) is 91.1 Å². The molecule has 2 saturated carbocycles. The summed E-state index contributed by atoms with van der Waals surface area (Å²) in [6, 6.07) is 2.01. The third-order valence-corrected chi connectivity index (χ3v) is 9.67. The normalized spacial score (nSPS) is 41.9. The van der Waals surface area contributed by atoms with Gasteiger partial charge in [0.05, 0.1) is 25.1 Å². The molecule has 4 aliphatic carbocycles. The summed E-state index contributed by atoms with van der Waals surface area (Å²) >= 11 is 0. The Balaban J connectivity index is 1.59. The number of aliphatic carboxylic acids is 1. The van der Waals surface area contributed by atoms with Crippen molar-refractivity contribution >= 4 is 11.5 Å². The lowest BCUT2D eigenvalue weighted by Gasteiger charge is -2.59. The molecule has 7 atom stereocenters. The van der Waals surface area contributed by atoms with Crippen LogP contribution in [0.1, 0.15) is 77.7 Å². The third kappa shape index (κ3) is 3.08. The topological polar surface area (TPSA) is 70.7 Å². The molecule has 0 saturated heterocycles. The first-order valence-electron chi connectivity index (χ1n) is 12.1. The van der Waals surface area contributed by atoms with E-state index in [9.17, 15) is 15.0 Å². The fraction of sp³-hybridized carbons (Fsp3) is 0.667. The molecule has 0 bridgehead atoms. The van der Waals surface area contributed by atoms with Gasteiger partial charge in [-0.3, -0.25) is 4.79 Å². The van der Waals surface area contributed by atoms with Crippen molar-refractivity contribution in [3.8, 4) is 0 Å². The highest BCUT2D eigenvalue weighted by atomic mass is 16.4. The molecule has 1 aromatic heterocycles. The van der Waals surface area contributed by atoms with E-state index in [1.54, 1.807) is 12.5 Å². The number of hydrogen-bond donors (Lipinski definition) is 2. The van der Waals surface area contributed by atoms with Gasteiger partial charge in [0.15, 0.2) is 0 Å². The number of furan rings is 1. The Morgan fingerprint density at radius 3 is 2.61 bits per heavy atom. The molecule has 0 spiro atoms. The maximum absolute atomic E-state index is 11.8. The SMILES string of the molecule is CC[C@H]1C=C2C[C@@H](O)CC[C@]2(C)[C@H]2CC[C@]3(C)C(c4ccoc4)=C(CC(=O)O)C[C@H]3[C@H]12. The minimum atomic E-state index is -0.735. The molecular weight excluding hydrogens is 388 g/mol. The van der Waals surface area contributed by atoms with E-state index in [-0.39, 0.29) is 23.4 Å². The second-order valence-electron chi connectivity index (χ2n) is 11.1. The molecule has 0 amide bonds. The van der Waals surface area contributed by atoms with Crippen LogP contribution in [-0.2, 0) is 4.79 Å². The first kappa shape index (κ1) is 21.1. The van der Waals surface area contributed by atoms with Gasteiger partial charge < -0.3 is 14.6 Å². The van der Waals surface area contributed by atoms with Crippen LogP contribution in [0.15, 0.2) is 40.2 Å². The van der Waals surface area contributed by atoms with Gasteiger partial charge in [-0.1, -0.05) is 38.0 Å².